The summed E-state index contributed by atoms with van der Waals surface area (Å²) in [5, 5.41) is 8.59. The molecule has 0 saturated carbocycles. The molecule has 16 heavy (non-hydrogen) atoms. The molecule has 0 radical (unpaired) electrons. The van der Waals surface area contributed by atoms with Crippen molar-refractivity contribution in [2.24, 2.45) is 0 Å². The molecule has 0 saturated heterocycles. The van der Waals surface area contributed by atoms with Crippen molar-refractivity contribution in [1.82, 2.24) is 4.90 Å². The molecule has 4 heteroatoms. The number of methoxy groups -OCH3 is 1. The Morgan fingerprint density at radius 3 is 2.75 bits per heavy atom. The summed E-state index contributed by atoms with van der Waals surface area (Å²) in [4.78, 5) is 1.87. The Balaban J connectivity index is 2.77. The van der Waals surface area contributed by atoms with Gasteiger partial charge in [-0.2, -0.15) is 5.26 Å². The van der Waals surface area contributed by atoms with Crippen LogP contribution in [0.5, 0.6) is 5.75 Å². The van der Waals surface area contributed by atoms with Gasteiger partial charge in [0.15, 0.2) is 0 Å². The smallest absolute Gasteiger partial charge is 0.131 e. The van der Waals surface area contributed by atoms with Gasteiger partial charge in [0, 0.05) is 18.2 Å². The second-order valence-electron chi connectivity index (χ2n) is 3.42. The van der Waals surface area contributed by atoms with E-state index in [2.05, 4.69) is 6.07 Å². The molecule has 0 amide bonds. The highest BCUT2D eigenvalue weighted by Gasteiger charge is 2.08. The highest BCUT2D eigenvalue weighted by Crippen LogP contribution is 2.17. The molecule has 86 valence electrons. The summed E-state index contributed by atoms with van der Waals surface area (Å²) in [6.07, 6.45) is 0. The molecular formula is C12H15FN2O. The molecule has 0 aliphatic rings. The maximum absolute atomic E-state index is 13.6. The summed E-state index contributed by atoms with van der Waals surface area (Å²) in [7, 11) is 1.50. The molecule has 0 aliphatic heterocycles. The van der Waals surface area contributed by atoms with E-state index in [9.17, 15) is 4.39 Å². The van der Waals surface area contributed by atoms with E-state index in [1.807, 2.05) is 11.8 Å². The number of hydrogen-bond acceptors (Lipinski definition) is 3. The normalized spacial score (nSPS) is 10.2. The largest absolute Gasteiger partial charge is 0.497 e. The van der Waals surface area contributed by atoms with Crippen molar-refractivity contribution in [3.8, 4) is 11.8 Å². The van der Waals surface area contributed by atoms with Gasteiger partial charge in [-0.25, -0.2) is 4.39 Å². The van der Waals surface area contributed by atoms with Crippen LogP contribution >= 0.6 is 0 Å². The fourth-order valence-corrected chi connectivity index (χ4v) is 1.40. The second-order valence-corrected chi connectivity index (χ2v) is 3.42. The Bertz CT molecular complexity index is 387. The first-order valence-corrected chi connectivity index (χ1v) is 5.13. The number of halogens is 1. The van der Waals surface area contributed by atoms with Gasteiger partial charge >= 0.3 is 0 Å². The fourth-order valence-electron chi connectivity index (χ4n) is 1.40. The zero-order chi connectivity index (χ0) is 12.0. The molecule has 0 aromatic heterocycles. The molecule has 1 aromatic carbocycles. The Hall–Kier alpha value is -1.60. The summed E-state index contributed by atoms with van der Waals surface area (Å²) >= 11 is 0. The van der Waals surface area contributed by atoms with Gasteiger partial charge in [0.05, 0.1) is 19.7 Å². The van der Waals surface area contributed by atoms with Crippen LogP contribution in [-0.2, 0) is 6.54 Å². The number of nitriles is 1. The van der Waals surface area contributed by atoms with E-state index in [0.717, 1.165) is 6.54 Å². The Morgan fingerprint density at radius 2 is 2.25 bits per heavy atom. The first-order chi connectivity index (χ1) is 7.71. The number of rotatable bonds is 5. The Labute approximate surface area is 95.1 Å². The van der Waals surface area contributed by atoms with Crippen molar-refractivity contribution < 1.29 is 9.13 Å². The van der Waals surface area contributed by atoms with Gasteiger partial charge in [0.1, 0.15) is 11.6 Å². The van der Waals surface area contributed by atoms with Crippen molar-refractivity contribution in [3.63, 3.8) is 0 Å². The van der Waals surface area contributed by atoms with Gasteiger partial charge in [0.25, 0.3) is 0 Å². The summed E-state index contributed by atoms with van der Waals surface area (Å²) in [5.74, 6) is 0.209. The molecule has 0 spiro atoms. The Kier molecular flexibility index (Phi) is 4.74. The maximum atomic E-state index is 13.6. The molecule has 1 aromatic rings. The fraction of sp³-hybridized carbons (Fsp3) is 0.417. The van der Waals surface area contributed by atoms with Crippen LogP contribution in [0.3, 0.4) is 0 Å². The van der Waals surface area contributed by atoms with Gasteiger partial charge in [0.2, 0.25) is 0 Å². The van der Waals surface area contributed by atoms with Crippen molar-refractivity contribution in [1.29, 1.82) is 5.26 Å². The van der Waals surface area contributed by atoms with Crippen molar-refractivity contribution in [2.75, 3.05) is 20.2 Å². The number of ether oxygens (including phenoxy) is 1. The minimum absolute atomic E-state index is 0.296. The lowest BCUT2D eigenvalue weighted by molar-refractivity contribution is 0.309. The molecule has 3 nitrogen and oxygen atoms in total. The van der Waals surface area contributed by atoms with Crippen LogP contribution in [0.25, 0.3) is 0 Å². The van der Waals surface area contributed by atoms with Crippen LogP contribution < -0.4 is 4.74 Å². The first kappa shape index (κ1) is 12.5. The zero-order valence-electron chi connectivity index (χ0n) is 9.53. The van der Waals surface area contributed by atoms with Gasteiger partial charge in [-0.1, -0.05) is 13.0 Å². The standard InChI is InChI=1S/C12H15FN2O/c1-3-15(7-6-14)9-10-4-5-11(16-2)8-12(10)13/h4-5,8H,3,7,9H2,1-2H3. The molecule has 0 fully saturated rings. The number of benzene rings is 1. The maximum Gasteiger partial charge on any atom is 0.131 e. The van der Waals surface area contributed by atoms with Gasteiger partial charge in [-0.3, -0.25) is 4.90 Å². The lowest BCUT2D eigenvalue weighted by atomic mass is 10.2. The number of hydrogen-bond donors (Lipinski definition) is 0. The monoisotopic (exact) mass is 222 g/mol. The summed E-state index contributed by atoms with van der Waals surface area (Å²) in [6, 6.07) is 6.83. The average Bonchev–Trinajstić information content (AvgIpc) is 2.30. The van der Waals surface area contributed by atoms with E-state index in [4.69, 9.17) is 10.00 Å². The van der Waals surface area contributed by atoms with Crippen LogP contribution in [0.1, 0.15) is 12.5 Å². The van der Waals surface area contributed by atoms with E-state index in [1.165, 1.54) is 13.2 Å². The topological polar surface area (TPSA) is 36.3 Å². The summed E-state index contributed by atoms with van der Waals surface area (Å²) < 4.78 is 18.5. The molecule has 1 rings (SSSR count). The molecule has 0 atom stereocenters. The zero-order valence-corrected chi connectivity index (χ0v) is 9.53. The van der Waals surface area contributed by atoms with E-state index < -0.39 is 0 Å². The third-order valence-corrected chi connectivity index (χ3v) is 2.40. The average molecular weight is 222 g/mol. The van der Waals surface area contributed by atoms with Gasteiger partial charge in [-0.15, -0.1) is 0 Å². The molecule has 0 N–H and O–H groups in total. The SMILES string of the molecule is CCN(CC#N)Cc1ccc(OC)cc1F. The van der Waals surface area contributed by atoms with Gasteiger partial charge < -0.3 is 4.74 Å². The van der Waals surface area contributed by atoms with Crippen LogP contribution in [-0.4, -0.2) is 25.1 Å². The van der Waals surface area contributed by atoms with Crippen LogP contribution in [0.4, 0.5) is 4.39 Å². The third-order valence-electron chi connectivity index (χ3n) is 2.40. The van der Waals surface area contributed by atoms with Crippen molar-refractivity contribution in [3.05, 3.63) is 29.6 Å². The van der Waals surface area contributed by atoms with Crippen molar-refractivity contribution >= 4 is 0 Å². The molecule has 0 heterocycles. The van der Waals surface area contributed by atoms with Gasteiger partial charge in [-0.05, 0) is 12.6 Å². The summed E-state index contributed by atoms with van der Waals surface area (Å²) in [5.41, 5.74) is 0.581. The third kappa shape index (κ3) is 3.21. The van der Waals surface area contributed by atoms with Crippen molar-refractivity contribution in [2.45, 2.75) is 13.5 Å². The molecule has 0 unspecified atom stereocenters. The second kappa shape index (κ2) is 6.09. The molecule has 0 bridgehead atoms. The van der Waals surface area contributed by atoms with E-state index in [1.54, 1.807) is 12.1 Å². The quantitative estimate of drug-likeness (QED) is 0.716. The molecule has 0 aliphatic carbocycles. The lowest BCUT2D eigenvalue weighted by Gasteiger charge is -2.17. The Morgan fingerprint density at radius 1 is 1.50 bits per heavy atom. The molecular weight excluding hydrogens is 207 g/mol. The van der Waals surface area contributed by atoms with Crippen LogP contribution in [0, 0.1) is 17.1 Å². The van der Waals surface area contributed by atoms with E-state index in [0.29, 0.717) is 24.4 Å². The minimum atomic E-state index is -0.296. The van der Waals surface area contributed by atoms with E-state index in [-0.39, 0.29) is 5.82 Å². The minimum Gasteiger partial charge on any atom is -0.497 e. The highest BCUT2D eigenvalue weighted by molar-refractivity contribution is 5.28. The highest BCUT2D eigenvalue weighted by atomic mass is 19.1. The number of nitrogens with zero attached hydrogens (tertiary/aromatic N) is 2. The predicted molar refractivity (Wildman–Crippen MR) is 59.5 cm³/mol. The van der Waals surface area contributed by atoms with Crippen LogP contribution in [0.15, 0.2) is 18.2 Å². The van der Waals surface area contributed by atoms with Crippen LogP contribution in [0.2, 0.25) is 0 Å². The predicted octanol–water partition coefficient (Wildman–Crippen LogP) is 2.18. The van der Waals surface area contributed by atoms with E-state index >= 15 is 0 Å². The first-order valence-electron chi connectivity index (χ1n) is 5.13. The summed E-state index contributed by atoms with van der Waals surface area (Å²) in [6.45, 7) is 3.42. The lowest BCUT2D eigenvalue weighted by Crippen LogP contribution is -2.23.